The van der Waals surface area contributed by atoms with Crippen molar-refractivity contribution in [3.63, 3.8) is 0 Å². The summed E-state index contributed by atoms with van der Waals surface area (Å²) in [6.07, 6.45) is 1.99. The van der Waals surface area contributed by atoms with Gasteiger partial charge in [0, 0.05) is 23.4 Å². The Morgan fingerprint density at radius 2 is 1.96 bits per heavy atom. The summed E-state index contributed by atoms with van der Waals surface area (Å²) in [7, 11) is 0. The number of carbonyl (C=O) groups is 2. The Hall–Kier alpha value is -3.33. The van der Waals surface area contributed by atoms with Crippen molar-refractivity contribution in [1.29, 1.82) is 0 Å². The lowest BCUT2D eigenvalue weighted by Crippen LogP contribution is -2.20. The normalized spacial score (nSPS) is 10.6. The van der Waals surface area contributed by atoms with Crippen LogP contribution in [0.5, 0.6) is 0 Å². The molecule has 27 heavy (non-hydrogen) atoms. The van der Waals surface area contributed by atoms with Gasteiger partial charge < -0.3 is 10.1 Å². The van der Waals surface area contributed by atoms with Gasteiger partial charge in [-0.2, -0.15) is 4.39 Å². The number of ether oxygens (including phenoxy) is 1. The Bertz CT molecular complexity index is 913. The number of anilines is 1. The number of hydrogen-bond donors (Lipinski definition) is 1. The third-order valence-electron chi connectivity index (χ3n) is 3.16. The summed E-state index contributed by atoms with van der Waals surface area (Å²) in [5, 5.41) is 13.0. The van der Waals surface area contributed by atoms with Gasteiger partial charge in [0.1, 0.15) is 5.82 Å². The number of halogens is 3. The third kappa shape index (κ3) is 5.58. The van der Waals surface area contributed by atoms with Gasteiger partial charge in [0.05, 0.1) is 9.95 Å². The highest BCUT2D eigenvalue weighted by atomic mass is 35.5. The van der Waals surface area contributed by atoms with Crippen LogP contribution in [-0.2, 0) is 14.3 Å². The van der Waals surface area contributed by atoms with Gasteiger partial charge in [-0.3, -0.25) is 14.9 Å². The summed E-state index contributed by atoms with van der Waals surface area (Å²) in [6, 6.07) is 6.76. The Morgan fingerprint density at radius 3 is 2.63 bits per heavy atom. The van der Waals surface area contributed by atoms with Gasteiger partial charge in [0.25, 0.3) is 5.91 Å². The van der Waals surface area contributed by atoms with Crippen molar-refractivity contribution >= 4 is 40.9 Å². The predicted molar refractivity (Wildman–Crippen MR) is 93.1 cm³/mol. The summed E-state index contributed by atoms with van der Waals surface area (Å²) in [6.45, 7) is -0.709. The zero-order valence-corrected chi connectivity index (χ0v) is 14.2. The standard InChI is InChI=1S/C17H11ClF2N2O5/c18-12-2-1-3-13(19)11(12)5-7-17(24)27-9-16(23)21-10-4-6-14(20)15(8-10)22(25)26/h1-8H,9H2,(H,21,23)/b7-5+. The zero-order chi connectivity index (χ0) is 20.0. The Labute approximate surface area is 156 Å². The van der Waals surface area contributed by atoms with E-state index in [0.29, 0.717) is 0 Å². The summed E-state index contributed by atoms with van der Waals surface area (Å²) >= 11 is 5.79. The van der Waals surface area contributed by atoms with Crippen LogP contribution in [0.2, 0.25) is 5.02 Å². The van der Waals surface area contributed by atoms with Crippen LogP contribution in [0.25, 0.3) is 6.08 Å². The van der Waals surface area contributed by atoms with Gasteiger partial charge in [-0.25, -0.2) is 9.18 Å². The van der Waals surface area contributed by atoms with Crippen molar-refractivity contribution in [2.24, 2.45) is 0 Å². The van der Waals surface area contributed by atoms with E-state index in [1.807, 2.05) is 0 Å². The second-order valence-corrected chi connectivity index (χ2v) is 5.46. The fraction of sp³-hybridized carbons (Fsp3) is 0.0588. The highest BCUT2D eigenvalue weighted by Gasteiger charge is 2.15. The molecule has 1 amide bonds. The van der Waals surface area contributed by atoms with Crippen molar-refractivity contribution in [2.45, 2.75) is 0 Å². The Kier molecular flexibility index (Phi) is 6.56. The molecule has 0 aliphatic rings. The smallest absolute Gasteiger partial charge is 0.331 e. The van der Waals surface area contributed by atoms with Crippen molar-refractivity contribution in [3.8, 4) is 0 Å². The molecule has 0 saturated heterocycles. The molecule has 0 spiro atoms. The molecular formula is C17H11ClF2N2O5. The van der Waals surface area contributed by atoms with E-state index < -0.39 is 40.7 Å². The van der Waals surface area contributed by atoms with Gasteiger partial charge in [0.2, 0.25) is 5.82 Å². The Balaban J connectivity index is 1.92. The minimum atomic E-state index is -1.05. The van der Waals surface area contributed by atoms with Gasteiger partial charge in [-0.1, -0.05) is 17.7 Å². The quantitative estimate of drug-likeness (QED) is 0.347. The number of carbonyl (C=O) groups excluding carboxylic acids is 2. The molecule has 0 heterocycles. The molecule has 7 nitrogen and oxygen atoms in total. The first-order chi connectivity index (χ1) is 12.8. The molecule has 0 radical (unpaired) electrons. The molecule has 1 N–H and O–H groups in total. The third-order valence-corrected chi connectivity index (χ3v) is 3.49. The van der Waals surface area contributed by atoms with E-state index in [2.05, 4.69) is 10.1 Å². The fourth-order valence-electron chi connectivity index (χ4n) is 1.93. The van der Waals surface area contributed by atoms with E-state index in [0.717, 1.165) is 36.4 Å². The van der Waals surface area contributed by atoms with Crippen LogP contribution >= 0.6 is 11.6 Å². The maximum Gasteiger partial charge on any atom is 0.331 e. The summed E-state index contributed by atoms with van der Waals surface area (Å²) in [5.74, 6) is -3.43. The maximum absolute atomic E-state index is 13.5. The number of nitro groups is 1. The molecule has 0 saturated carbocycles. The summed E-state index contributed by atoms with van der Waals surface area (Å²) in [5.41, 5.74) is -0.869. The van der Waals surface area contributed by atoms with E-state index in [1.54, 1.807) is 0 Å². The number of benzene rings is 2. The van der Waals surface area contributed by atoms with Crippen molar-refractivity contribution < 1.29 is 28.0 Å². The molecule has 0 fully saturated rings. The maximum atomic E-state index is 13.5. The molecule has 0 atom stereocenters. The highest BCUT2D eigenvalue weighted by molar-refractivity contribution is 6.32. The monoisotopic (exact) mass is 396 g/mol. The van der Waals surface area contributed by atoms with E-state index in [1.165, 1.54) is 12.1 Å². The van der Waals surface area contributed by atoms with Crippen LogP contribution < -0.4 is 5.32 Å². The van der Waals surface area contributed by atoms with Crippen LogP contribution in [0.15, 0.2) is 42.5 Å². The first-order valence-corrected chi connectivity index (χ1v) is 7.68. The van der Waals surface area contributed by atoms with Gasteiger partial charge in [-0.15, -0.1) is 0 Å². The molecule has 140 valence electrons. The minimum Gasteiger partial charge on any atom is -0.452 e. The topological polar surface area (TPSA) is 98.5 Å². The fourth-order valence-corrected chi connectivity index (χ4v) is 2.16. The number of hydrogen-bond acceptors (Lipinski definition) is 5. The number of amides is 1. The lowest BCUT2D eigenvalue weighted by molar-refractivity contribution is -0.387. The molecule has 0 aliphatic carbocycles. The van der Waals surface area contributed by atoms with Crippen LogP contribution in [0.1, 0.15) is 5.56 Å². The average molecular weight is 397 g/mol. The highest BCUT2D eigenvalue weighted by Crippen LogP contribution is 2.22. The number of rotatable bonds is 6. The van der Waals surface area contributed by atoms with Gasteiger partial charge in [-0.05, 0) is 30.3 Å². The van der Waals surface area contributed by atoms with Gasteiger partial charge in [0.15, 0.2) is 6.61 Å². The molecule has 0 bridgehead atoms. The second-order valence-electron chi connectivity index (χ2n) is 5.05. The first-order valence-electron chi connectivity index (χ1n) is 7.30. The second kappa shape index (κ2) is 8.86. The van der Waals surface area contributed by atoms with Crippen molar-refractivity contribution in [1.82, 2.24) is 0 Å². The van der Waals surface area contributed by atoms with Crippen LogP contribution in [0.4, 0.5) is 20.2 Å². The summed E-state index contributed by atoms with van der Waals surface area (Å²) < 4.78 is 31.4. The molecule has 10 heteroatoms. The number of nitro benzene ring substituents is 1. The molecule has 0 aromatic heterocycles. The first kappa shape index (κ1) is 20.0. The van der Waals surface area contributed by atoms with E-state index in [-0.39, 0.29) is 16.3 Å². The van der Waals surface area contributed by atoms with E-state index >= 15 is 0 Å². The number of nitrogens with one attached hydrogen (secondary N) is 1. The average Bonchev–Trinajstić information content (AvgIpc) is 2.61. The zero-order valence-electron chi connectivity index (χ0n) is 13.4. The molecule has 0 unspecified atom stereocenters. The summed E-state index contributed by atoms with van der Waals surface area (Å²) in [4.78, 5) is 33.0. The Morgan fingerprint density at radius 1 is 1.22 bits per heavy atom. The number of esters is 1. The van der Waals surface area contributed by atoms with Crippen LogP contribution in [0, 0.1) is 21.7 Å². The lowest BCUT2D eigenvalue weighted by Gasteiger charge is -2.05. The van der Waals surface area contributed by atoms with Crippen molar-refractivity contribution in [3.05, 3.63) is 74.8 Å². The van der Waals surface area contributed by atoms with Crippen molar-refractivity contribution in [2.75, 3.05) is 11.9 Å². The number of nitrogens with zero attached hydrogens (tertiary/aromatic N) is 1. The molecule has 2 rings (SSSR count). The molecular weight excluding hydrogens is 386 g/mol. The molecule has 2 aromatic rings. The van der Waals surface area contributed by atoms with Gasteiger partial charge >= 0.3 is 11.7 Å². The lowest BCUT2D eigenvalue weighted by atomic mass is 10.2. The minimum absolute atomic E-state index is 0.0146. The van der Waals surface area contributed by atoms with Crippen LogP contribution in [0.3, 0.4) is 0 Å². The SMILES string of the molecule is O=C(COC(=O)/C=C/c1c(F)cccc1Cl)Nc1ccc(F)c([N+](=O)[O-])c1. The largest absolute Gasteiger partial charge is 0.452 e. The van der Waals surface area contributed by atoms with E-state index in [9.17, 15) is 28.5 Å². The predicted octanol–water partition coefficient (Wildman–Crippen LogP) is 3.72. The van der Waals surface area contributed by atoms with E-state index in [4.69, 9.17) is 11.6 Å². The molecule has 2 aromatic carbocycles. The van der Waals surface area contributed by atoms with Crippen LogP contribution in [-0.4, -0.2) is 23.4 Å². The molecule has 0 aliphatic heterocycles.